The summed E-state index contributed by atoms with van der Waals surface area (Å²) < 4.78 is 16.2. The minimum absolute atomic E-state index is 0.0379. The van der Waals surface area contributed by atoms with Crippen molar-refractivity contribution in [3.05, 3.63) is 0 Å². The number of nitrogens with two attached hydrogens (primary N) is 1. The molecule has 1 unspecified atom stereocenters. The van der Waals surface area contributed by atoms with E-state index in [4.69, 9.17) is 20.1 Å². The second-order valence-corrected chi connectivity index (χ2v) is 4.58. The SMILES string of the molecule is CC(C)Oc1nc(NN)nc(OCC2CCOC2)n1. The Balaban J connectivity index is 2.00. The molecule has 2 rings (SSSR count). The van der Waals surface area contributed by atoms with Gasteiger partial charge in [0.15, 0.2) is 0 Å². The van der Waals surface area contributed by atoms with Gasteiger partial charge < -0.3 is 14.2 Å². The van der Waals surface area contributed by atoms with Gasteiger partial charge in [-0.25, -0.2) is 5.84 Å². The fraction of sp³-hybridized carbons (Fsp3) is 0.727. The van der Waals surface area contributed by atoms with Crippen LogP contribution in [0.5, 0.6) is 12.0 Å². The second kappa shape index (κ2) is 6.48. The Bertz CT molecular complexity index is 409. The summed E-state index contributed by atoms with van der Waals surface area (Å²) in [4.78, 5) is 12.1. The Kier molecular flexibility index (Phi) is 4.69. The highest BCUT2D eigenvalue weighted by atomic mass is 16.5. The highest BCUT2D eigenvalue weighted by Crippen LogP contribution is 2.17. The number of ether oxygens (including phenoxy) is 3. The van der Waals surface area contributed by atoms with E-state index in [1.165, 1.54) is 0 Å². The van der Waals surface area contributed by atoms with Crippen molar-refractivity contribution >= 4 is 5.95 Å². The van der Waals surface area contributed by atoms with Crippen molar-refractivity contribution in [2.75, 3.05) is 25.2 Å². The van der Waals surface area contributed by atoms with Crippen molar-refractivity contribution in [2.45, 2.75) is 26.4 Å². The van der Waals surface area contributed by atoms with Crippen LogP contribution in [0.2, 0.25) is 0 Å². The lowest BCUT2D eigenvalue weighted by Gasteiger charge is -2.12. The molecule has 0 spiro atoms. The highest BCUT2D eigenvalue weighted by Gasteiger charge is 2.17. The molecule has 19 heavy (non-hydrogen) atoms. The van der Waals surface area contributed by atoms with Crippen molar-refractivity contribution < 1.29 is 14.2 Å². The van der Waals surface area contributed by atoms with Gasteiger partial charge in [0.2, 0.25) is 5.95 Å². The average Bonchev–Trinajstić information content (AvgIpc) is 2.88. The normalized spacial score (nSPS) is 18.6. The predicted octanol–water partition coefficient (Wildman–Crippen LogP) is 0.360. The van der Waals surface area contributed by atoms with Crippen LogP contribution in [-0.2, 0) is 4.74 Å². The molecule has 1 aliphatic heterocycles. The zero-order chi connectivity index (χ0) is 13.7. The smallest absolute Gasteiger partial charge is 0.324 e. The van der Waals surface area contributed by atoms with E-state index in [0.717, 1.165) is 13.0 Å². The van der Waals surface area contributed by atoms with Crippen molar-refractivity contribution in [3.8, 4) is 12.0 Å². The number of nitrogen functional groups attached to an aromatic ring is 1. The van der Waals surface area contributed by atoms with E-state index in [9.17, 15) is 0 Å². The molecule has 1 aliphatic rings. The van der Waals surface area contributed by atoms with Crippen molar-refractivity contribution in [1.82, 2.24) is 15.0 Å². The Morgan fingerprint density at radius 2 is 2.16 bits per heavy atom. The van der Waals surface area contributed by atoms with Gasteiger partial charge in [-0.3, -0.25) is 5.43 Å². The largest absolute Gasteiger partial charge is 0.463 e. The van der Waals surface area contributed by atoms with E-state index >= 15 is 0 Å². The quantitative estimate of drug-likeness (QED) is 0.563. The summed E-state index contributed by atoms with van der Waals surface area (Å²) in [6.45, 7) is 5.77. The Labute approximate surface area is 111 Å². The molecule has 8 heteroatoms. The van der Waals surface area contributed by atoms with Crippen LogP contribution in [0.25, 0.3) is 0 Å². The molecule has 0 radical (unpaired) electrons. The number of aromatic nitrogens is 3. The number of anilines is 1. The van der Waals surface area contributed by atoms with Gasteiger partial charge in [-0.05, 0) is 20.3 Å². The molecule has 1 fully saturated rings. The van der Waals surface area contributed by atoms with Gasteiger partial charge in [0.25, 0.3) is 0 Å². The molecule has 3 N–H and O–H groups in total. The molecule has 106 valence electrons. The number of nitrogens with zero attached hydrogens (tertiary/aromatic N) is 3. The van der Waals surface area contributed by atoms with Crippen LogP contribution in [0.15, 0.2) is 0 Å². The highest BCUT2D eigenvalue weighted by molar-refractivity contribution is 5.25. The van der Waals surface area contributed by atoms with E-state index in [1.54, 1.807) is 0 Å². The van der Waals surface area contributed by atoms with Crippen LogP contribution in [-0.4, -0.2) is 40.9 Å². The van der Waals surface area contributed by atoms with Crippen LogP contribution in [0.4, 0.5) is 5.95 Å². The van der Waals surface area contributed by atoms with E-state index in [0.29, 0.717) is 19.1 Å². The molecular formula is C11H19N5O3. The fourth-order valence-corrected chi connectivity index (χ4v) is 1.64. The first kappa shape index (κ1) is 13.8. The summed E-state index contributed by atoms with van der Waals surface area (Å²) in [6.07, 6.45) is 0.951. The first-order valence-electron chi connectivity index (χ1n) is 6.27. The van der Waals surface area contributed by atoms with Crippen molar-refractivity contribution in [3.63, 3.8) is 0 Å². The zero-order valence-corrected chi connectivity index (χ0v) is 11.1. The molecule has 0 aromatic carbocycles. The minimum Gasteiger partial charge on any atom is -0.463 e. The van der Waals surface area contributed by atoms with Crippen LogP contribution in [0.3, 0.4) is 0 Å². The lowest BCUT2D eigenvalue weighted by molar-refractivity contribution is 0.161. The first-order valence-corrected chi connectivity index (χ1v) is 6.27. The number of hydrogen-bond donors (Lipinski definition) is 2. The Hall–Kier alpha value is -1.67. The zero-order valence-electron chi connectivity index (χ0n) is 11.1. The maximum Gasteiger partial charge on any atom is 0.324 e. The maximum atomic E-state index is 5.54. The molecule has 1 atom stereocenters. The number of hydrazine groups is 1. The second-order valence-electron chi connectivity index (χ2n) is 4.58. The first-order chi connectivity index (χ1) is 9.17. The maximum absolute atomic E-state index is 5.54. The van der Waals surface area contributed by atoms with Gasteiger partial charge in [-0.15, -0.1) is 4.98 Å². The number of hydrogen-bond acceptors (Lipinski definition) is 8. The van der Waals surface area contributed by atoms with E-state index in [2.05, 4.69) is 20.4 Å². The van der Waals surface area contributed by atoms with Crippen molar-refractivity contribution in [2.24, 2.45) is 11.8 Å². The van der Waals surface area contributed by atoms with Crippen LogP contribution in [0.1, 0.15) is 20.3 Å². The summed E-state index contributed by atoms with van der Waals surface area (Å²) in [7, 11) is 0. The van der Waals surface area contributed by atoms with Gasteiger partial charge in [0.1, 0.15) is 0 Å². The monoisotopic (exact) mass is 269 g/mol. The summed E-state index contributed by atoms with van der Waals surface area (Å²) >= 11 is 0. The number of rotatable bonds is 6. The van der Waals surface area contributed by atoms with Gasteiger partial charge in [-0.1, -0.05) is 0 Å². The molecule has 1 aromatic rings. The van der Waals surface area contributed by atoms with Gasteiger partial charge in [0, 0.05) is 12.5 Å². The molecule has 1 saturated heterocycles. The minimum atomic E-state index is -0.0379. The molecule has 0 saturated carbocycles. The molecule has 0 amide bonds. The standard InChI is InChI=1S/C11H19N5O3/c1-7(2)19-11-14-9(16-12)13-10(15-11)18-6-8-3-4-17-5-8/h7-8H,3-6,12H2,1-2H3,(H,13,14,15,16). The van der Waals surface area contributed by atoms with E-state index < -0.39 is 0 Å². The summed E-state index contributed by atoms with van der Waals surface area (Å²) in [5, 5.41) is 0. The predicted molar refractivity (Wildman–Crippen MR) is 67.8 cm³/mol. The van der Waals surface area contributed by atoms with Crippen molar-refractivity contribution in [1.29, 1.82) is 0 Å². The molecular weight excluding hydrogens is 250 g/mol. The van der Waals surface area contributed by atoms with E-state index in [1.807, 2.05) is 13.8 Å². The van der Waals surface area contributed by atoms with Gasteiger partial charge >= 0.3 is 12.0 Å². The lowest BCUT2D eigenvalue weighted by Crippen LogP contribution is -2.17. The van der Waals surface area contributed by atoms with E-state index in [-0.39, 0.29) is 24.1 Å². The molecule has 1 aromatic heterocycles. The van der Waals surface area contributed by atoms with Crippen LogP contribution >= 0.6 is 0 Å². The number of nitrogens with one attached hydrogen (secondary N) is 1. The molecule has 2 heterocycles. The van der Waals surface area contributed by atoms with Crippen LogP contribution in [0, 0.1) is 5.92 Å². The third-order valence-electron chi connectivity index (χ3n) is 2.54. The molecule has 8 nitrogen and oxygen atoms in total. The van der Waals surface area contributed by atoms with Gasteiger partial charge in [-0.2, -0.15) is 9.97 Å². The fourth-order valence-electron chi connectivity index (χ4n) is 1.64. The molecule has 0 bridgehead atoms. The van der Waals surface area contributed by atoms with Crippen LogP contribution < -0.4 is 20.7 Å². The third kappa shape index (κ3) is 4.18. The summed E-state index contributed by atoms with van der Waals surface area (Å²) in [5.74, 6) is 5.89. The summed E-state index contributed by atoms with van der Waals surface area (Å²) in [5.41, 5.74) is 2.36. The Morgan fingerprint density at radius 3 is 2.79 bits per heavy atom. The summed E-state index contributed by atoms with van der Waals surface area (Å²) in [6, 6.07) is 0.390. The Morgan fingerprint density at radius 1 is 1.37 bits per heavy atom. The average molecular weight is 269 g/mol. The third-order valence-corrected chi connectivity index (χ3v) is 2.54. The molecule has 0 aliphatic carbocycles. The lowest BCUT2D eigenvalue weighted by atomic mass is 10.1. The topological polar surface area (TPSA) is 104 Å². The van der Waals surface area contributed by atoms with Gasteiger partial charge in [0.05, 0.1) is 19.3 Å².